The van der Waals surface area contributed by atoms with Gasteiger partial charge < -0.3 is 9.67 Å². The van der Waals surface area contributed by atoms with Gasteiger partial charge in [-0.3, -0.25) is 9.69 Å². The molecule has 0 aliphatic carbocycles. The third kappa shape index (κ3) is 5.16. The number of rotatable bonds is 6. The predicted octanol–water partition coefficient (Wildman–Crippen LogP) is 7.32. The minimum Gasteiger partial charge on any atom is -0.478 e. The Labute approximate surface area is 227 Å². The molecule has 1 aromatic heterocycles. The molecule has 5 rings (SSSR count). The first-order valence-electron chi connectivity index (χ1n) is 11.5. The normalized spacial score (nSPS) is 15.9. The molecule has 0 saturated carbocycles. The number of carbonyl (C=O) groups is 2. The van der Waals surface area contributed by atoms with E-state index in [-0.39, 0.29) is 11.5 Å². The molecule has 1 aliphatic heterocycles. The zero-order chi connectivity index (χ0) is 26.1. The van der Waals surface area contributed by atoms with E-state index in [1.807, 2.05) is 55.6 Å². The largest absolute Gasteiger partial charge is 0.478 e. The fourth-order valence-electron chi connectivity index (χ4n) is 4.16. The molecule has 6 nitrogen and oxygen atoms in total. The van der Waals surface area contributed by atoms with Crippen LogP contribution in [0.4, 0.5) is 5.69 Å². The van der Waals surface area contributed by atoms with Crippen LogP contribution in [-0.4, -0.2) is 38.2 Å². The summed E-state index contributed by atoms with van der Waals surface area (Å²) >= 11 is 13.6. The molecule has 1 fully saturated rings. The van der Waals surface area contributed by atoms with Gasteiger partial charge in [0.1, 0.15) is 0 Å². The number of thioether (sulfide) groups is 1. The Morgan fingerprint density at radius 2 is 1.81 bits per heavy atom. The van der Waals surface area contributed by atoms with Crippen molar-refractivity contribution in [1.82, 2.24) is 9.47 Å². The maximum Gasteiger partial charge on any atom is 0.335 e. The summed E-state index contributed by atoms with van der Waals surface area (Å²) < 4.78 is 2.13. The second kappa shape index (κ2) is 10.5. The molecule has 4 aromatic rings. The SMILES string of the molecule is CCN1C(=O)/C(=C/c2cn(Cc3ccc(Cl)c(Cl)c3)c3ccccc23)SC1=Nc1ccc(C(=O)O)cc1. The summed E-state index contributed by atoms with van der Waals surface area (Å²) in [6.07, 6.45) is 3.93. The van der Waals surface area contributed by atoms with E-state index in [0.29, 0.717) is 38.9 Å². The summed E-state index contributed by atoms with van der Waals surface area (Å²) in [7, 11) is 0. The summed E-state index contributed by atoms with van der Waals surface area (Å²) in [5.41, 5.74) is 3.74. The Kier molecular flexibility index (Phi) is 7.11. The van der Waals surface area contributed by atoms with Gasteiger partial charge in [0.15, 0.2) is 5.17 Å². The van der Waals surface area contributed by atoms with E-state index < -0.39 is 5.97 Å². The first kappa shape index (κ1) is 25.1. The first-order valence-corrected chi connectivity index (χ1v) is 13.1. The van der Waals surface area contributed by atoms with Crippen LogP contribution in [0.3, 0.4) is 0 Å². The van der Waals surface area contributed by atoms with Crippen LogP contribution >= 0.6 is 35.0 Å². The smallest absolute Gasteiger partial charge is 0.335 e. The molecule has 0 unspecified atom stereocenters. The maximum absolute atomic E-state index is 13.2. The van der Waals surface area contributed by atoms with Crippen LogP contribution in [-0.2, 0) is 11.3 Å². The topological polar surface area (TPSA) is 74.9 Å². The number of aromatic carboxylic acids is 1. The Balaban J connectivity index is 1.49. The monoisotopic (exact) mass is 549 g/mol. The van der Waals surface area contributed by atoms with Crippen LogP contribution in [0.15, 0.2) is 82.8 Å². The van der Waals surface area contributed by atoms with Gasteiger partial charge in [-0.1, -0.05) is 47.5 Å². The minimum absolute atomic E-state index is 0.116. The molecule has 1 amide bonds. The van der Waals surface area contributed by atoms with Crippen molar-refractivity contribution in [2.45, 2.75) is 13.5 Å². The molecule has 2 heterocycles. The number of hydrogen-bond donors (Lipinski definition) is 1. The Bertz CT molecular complexity index is 1590. The van der Waals surface area contributed by atoms with Gasteiger partial charge in [-0.25, -0.2) is 9.79 Å². The number of amidine groups is 1. The van der Waals surface area contributed by atoms with Crippen molar-refractivity contribution in [2.75, 3.05) is 6.54 Å². The van der Waals surface area contributed by atoms with Gasteiger partial charge >= 0.3 is 5.97 Å². The van der Waals surface area contributed by atoms with E-state index in [1.165, 1.54) is 23.9 Å². The lowest BCUT2D eigenvalue weighted by Crippen LogP contribution is -2.28. The molecule has 0 spiro atoms. The van der Waals surface area contributed by atoms with E-state index in [4.69, 9.17) is 28.3 Å². The Morgan fingerprint density at radius 3 is 2.51 bits per heavy atom. The maximum atomic E-state index is 13.2. The summed E-state index contributed by atoms with van der Waals surface area (Å²) in [5, 5.41) is 11.7. The van der Waals surface area contributed by atoms with Gasteiger partial charge in [0.2, 0.25) is 0 Å². The standard InChI is InChI=1S/C28H21Cl2N3O3S/c1-2-33-26(34)25(37-28(33)31-20-10-8-18(9-11-20)27(35)36)14-19-16-32(24-6-4-3-5-21(19)24)15-17-7-12-22(29)23(30)13-17/h3-14,16H,2,15H2,1H3,(H,35,36)/b25-14-,31-28?. The van der Waals surface area contributed by atoms with E-state index in [0.717, 1.165) is 22.0 Å². The molecule has 0 bridgehead atoms. The van der Waals surface area contributed by atoms with Crippen molar-refractivity contribution in [2.24, 2.45) is 4.99 Å². The number of likely N-dealkylation sites (N-methyl/N-ethyl adjacent to an activating group) is 1. The lowest BCUT2D eigenvalue weighted by Gasteiger charge is -2.12. The molecule has 1 aliphatic rings. The van der Waals surface area contributed by atoms with E-state index >= 15 is 0 Å². The number of amides is 1. The number of aliphatic imine (C=N–C) groups is 1. The van der Waals surface area contributed by atoms with Gasteiger partial charge in [0.25, 0.3) is 5.91 Å². The predicted molar refractivity (Wildman–Crippen MR) is 151 cm³/mol. The number of carboxylic acid groups (broad SMARTS) is 1. The highest BCUT2D eigenvalue weighted by Gasteiger charge is 2.32. The second-order valence-electron chi connectivity index (χ2n) is 8.38. The van der Waals surface area contributed by atoms with Crippen LogP contribution < -0.4 is 0 Å². The number of carbonyl (C=O) groups excluding carboxylic acids is 1. The molecule has 0 atom stereocenters. The average molecular weight is 550 g/mol. The first-order chi connectivity index (χ1) is 17.8. The number of nitrogens with zero attached hydrogens (tertiary/aromatic N) is 3. The van der Waals surface area contributed by atoms with Crippen molar-refractivity contribution < 1.29 is 14.7 Å². The third-order valence-corrected chi connectivity index (χ3v) is 7.73. The van der Waals surface area contributed by atoms with Crippen LogP contribution in [0.1, 0.15) is 28.4 Å². The number of aromatic nitrogens is 1. The lowest BCUT2D eigenvalue weighted by atomic mass is 10.1. The van der Waals surface area contributed by atoms with Crippen molar-refractivity contribution in [1.29, 1.82) is 0 Å². The van der Waals surface area contributed by atoms with Crippen molar-refractivity contribution >= 4 is 74.7 Å². The highest BCUT2D eigenvalue weighted by Crippen LogP contribution is 2.36. The highest BCUT2D eigenvalue weighted by atomic mass is 35.5. The van der Waals surface area contributed by atoms with Gasteiger partial charge in [-0.05, 0) is 72.8 Å². The van der Waals surface area contributed by atoms with Gasteiger partial charge in [-0.2, -0.15) is 0 Å². The quantitative estimate of drug-likeness (QED) is 0.255. The third-order valence-electron chi connectivity index (χ3n) is 5.99. The molecule has 1 saturated heterocycles. The fraction of sp³-hybridized carbons (Fsp3) is 0.107. The zero-order valence-electron chi connectivity index (χ0n) is 19.7. The Hall–Kier alpha value is -3.52. The molecule has 186 valence electrons. The summed E-state index contributed by atoms with van der Waals surface area (Å²) in [6, 6.07) is 19.9. The molecule has 9 heteroatoms. The van der Waals surface area contributed by atoms with E-state index in [2.05, 4.69) is 9.56 Å². The van der Waals surface area contributed by atoms with Gasteiger partial charge in [-0.15, -0.1) is 0 Å². The van der Waals surface area contributed by atoms with Crippen molar-refractivity contribution in [3.63, 3.8) is 0 Å². The fourth-order valence-corrected chi connectivity index (χ4v) is 5.53. The van der Waals surface area contributed by atoms with Crippen LogP contribution in [0.25, 0.3) is 17.0 Å². The summed E-state index contributed by atoms with van der Waals surface area (Å²) in [6.45, 7) is 2.96. The van der Waals surface area contributed by atoms with Crippen molar-refractivity contribution in [3.05, 3.63) is 105 Å². The summed E-state index contributed by atoms with van der Waals surface area (Å²) in [5.74, 6) is -1.11. The van der Waals surface area contributed by atoms with Gasteiger partial charge in [0.05, 0.1) is 26.2 Å². The number of benzene rings is 3. The molecule has 3 aromatic carbocycles. The van der Waals surface area contributed by atoms with Crippen LogP contribution in [0.5, 0.6) is 0 Å². The Morgan fingerprint density at radius 1 is 1.05 bits per heavy atom. The number of halogens is 2. The molecule has 37 heavy (non-hydrogen) atoms. The highest BCUT2D eigenvalue weighted by molar-refractivity contribution is 8.18. The summed E-state index contributed by atoms with van der Waals surface area (Å²) in [4.78, 5) is 31.2. The van der Waals surface area contributed by atoms with Crippen LogP contribution in [0, 0.1) is 0 Å². The molecule has 0 radical (unpaired) electrons. The zero-order valence-corrected chi connectivity index (χ0v) is 22.0. The molecule has 1 N–H and O–H groups in total. The van der Waals surface area contributed by atoms with E-state index in [1.54, 1.807) is 23.1 Å². The molecular formula is C28H21Cl2N3O3S. The lowest BCUT2D eigenvalue weighted by molar-refractivity contribution is -0.122. The number of carboxylic acids is 1. The van der Waals surface area contributed by atoms with E-state index in [9.17, 15) is 9.59 Å². The number of hydrogen-bond acceptors (Lipinski definition) is 4. The second-order valence-corrected chi connectivity index (χ2v) is 10.2. The average Bonchev–Trinajstić information content (AvgIpc) is 3.38. The number of para-hydroxylation sites is 1. The molecular weight excluding hydrogens is 529 g/mol. The van der Waals surface area contributed by atoms with Gasteiger partial charge in [0, 0.05) is 35.8 Å². The van der Waals surface area contributed by atoms with Crippen molar-refractivity contribution in [3.8, 4) is 0 Å². The minimum atomic E-state index is -0.997. The number of fused-ring (bicyclic) bond motifs is 1. The van der Waals surface area contributed by atoms with Crippen LogP contribution in [0.2, 0.25) is 10.0 Å².